The lowest BCUT2D eigenvalue weighted by Gasteiger charge is -2.13. The zero-order chi connectivity index (χ0) is 20.1. The molecule has 28 heavy (non-hydrogen) atoms. The van der Waals surface area contributed by atoms with Crippen molar-refractivity contribution in [2.24, 2.45) is 0 Å². The van der Waals surface area contributed by atoms with Crippen molar-refractivity contribution in [3.8, 4) is 11.3 Å². The van der Waals surface area contributed by atoms with E-state index in [-0.39, 0.29) is 30.1 Å². The summed E-state index contributed by atoms with van der Waals surface area (Å²) in [6.45, 7) is 3.67. The van der Waals surface area contributed by atoms with Crippen LogP contribution in [0.15, 0.2) is 54.6 Å². The van der Waals surface area contributed by atoms with Crippen LogP contribution in [0.25, 0.3) is 11.3 Å². The summed E-state index contributed by atoms with van der Waals surface area (Å²) in [6, 6.07) is 14.6. The SMILES string of the molecule is Cc1sc(NC(=O)CC(C)NC(=O)c2ccccc2)nc1-c1ccc(F)cc1. The minimum atomic E-state index is -0.328. The van der Waals surface area contributed by atoms with E-state index < -0.39 is 0 Å². The fourth-order valence-electron chi connectivity index (χ4n) is 2.72. The minimum Gasteiger partial charge on any atom is -0.349 e. The Bertz CT molecular complexity index is 971. The molecule has 0 radical (unpaired) electrons. The highest BCUT2D eigenvalue weighted by molar-refractivity contribution is 7.16. The standard InChI is InChI=1S/C21H20FN3O2S/c1-13(23-20(27)16-6-4-3-5-7-16)12-18(26)24-21-25-19(14(2)28-21)15-8-10-17(22)11-9-15/h3-11,13H,12H2,1-2H3,(H,23,27)(H,24,25,26). The first-order chi connectivity index (χ1) is 13.4. The Balaban J connectivity index is 1.58. The molecule has 1 heterocycles. The first kappa shape index (κ1) is 19.7. The first-order valence-corrected chi connectivity index (χ1v) is 9.63. The second-order valence-corrected chi connectivity index (χ2v) is 7.63. The molecule has 5 nitrogen and oxygen atoms in total. The van der Waals surface area contributed by atoms with Gasteiger partial charge in [0.25, 0.3) is 5.91 Å². The molecule has 0 bridgehead atoms. The molecule has 0 saturated carbocycles. The van der Waals surface area contributed by atoms with E-state index in [1.165, 1.54) is 23.5 Å². The van der Waals surface area contributed by atoms with Crippen LogP contribution >= 0.6 is 11.3 Å². The summed E-state index contributed by atoms with van der Waals surface area (Å²) in [7, 11) is 0. The molecule has 0 aliphatic carbocycles. The topological polar surface area (TPSA) is 71.1 Å². The zero-order valence-electron chi connectivity index (χ0n) is 15.5. The van der Waals surface area contributed by atoms with E-state index in [2.05, 4.69) is 15.6 Å². The van der Waals surface area contributed by atoms with Crippen molar-refractivity contribution in [1.29, 1.82) is 0 Å². The number of nitrogens with zero attached hydrogens (tertiary/aromatic N) is 1. The number of rotatable bonds is 6. The van der Waals surface area contributed by atoms with Crippen molar-refractivity contribution >= 4 is 28.3 Å². The summed E-state index contributed by atoms with van der Waals surface area (Å²) < 4.78 is 13.1. The van der Waals surface area contributed by atoms with E-state index in [0.717, 1.165) is 10.4 Å². The van der Waals surface area contributed by atoms with Crippen molar-refractivity contribution in [2.75, 3.05) is 5.32 Å². The number of carbonyl (C=O) groups excluding carboxylic acids is 2. The van der Waals surface area contributed by atoms with Gasteiger partial charge in [-0.05, 0) is 50.2 Å². The maximum Gasteiger partial charge on any atom is 0.251 e. The van der Waals surface area contributed by atoms with Gasteiger partial charge in [-0.2, -0.15) is 0 Å². The van der Waals surface area contributed by atoms with Gasteiger partial charge in [0.15, 0.2) is 5.13 Å². The van der Waals surface area contributed by atoms with Gasteiger partial charge in [-0.1, -0.05) is 18.2 Å². The monoisotopic (exact) mass is 397 g/mol. The van der Waals surface area contributed by atoms with Crippen molar-refractivity contribution in [1.82, 2.24) is 10.3 Å². The fourth-order valence-corrected chi connectivity index (χ4v) is 3.57. The fraction of sp³-hybridized carbons (Fsp3) is 0.190. The molecule has 2 amide bonds. The third kappa shape index (κ3) is 5.01. The number of anilines is 1. The lowest BCUT2D eigenvalue weighted by atomic mass is 10.1. The van der Waals surface area contributed by atoms with Gasteiger partial charge in [-0.15, -0.1) is 11.3 Å². The molecule has 1 aromatic heterocycles. The lowest BCUT2D eigenvalue weighted by molar-refractivity contribution is -0.116. The predicted octanol–water partition coefficient (Wildman–Crippen LogP) is 4.40. The number of nitrogens with one attached hydrogen (secondary N) is 2. The molecule has 1 atom stereocenters. The first-order valence-electron chi connectivity index (χ1n) is 8.81. The molecule has 3 rings (SSSR count). The summed E-state index contributed by atoms with van der Waals surface area (Å²) in [6.07, 6.45) is 0.128. The molecule has 7 heteroatoms. The number of carbonyl (C=O) groups is 2. The maximum atomic E-state index is 13.1. The molecular weight excluding hydrogens is 377 g/mol. The Hall–Kier alpha value is -3.06. The van der Waals surface area contributed by atoms with Gasteiger partial charge in [0.1, 0.15) is 5.82 Å². The maximum absolute atomic E-state index is 13.1. The Labute approximate surface area is 166 Å². The van der Waals surface area contributed by atoms with Crippen LogP contribution in [0, 0.1) is 12.7 Å². The molecule has 2 N–H and O–H groups in total. The number of thiazole rings is 1. The number of hydrogen-bond acceptors (Lipinski definition) is 4. The third-order valence-electron chi connectivity index (χ3n) is 4.07. The molecule has 0 spiro atoms. The number of halogens is 1. The van der Waals surface area contributed by atoms with Gasteiger partial charge < -0.3 is 10.6 Å². The van der Waals surface area contributed by atoms with Crippen molar-refractivity contribution in [3.05, 3.63) is 70.9 Å². The lowest BCUT2D eigenvalue weighted by Crippen LogP contribution is -2.35. The van der Waals surface area contributed by atoms with Gasteiger partial charge in [-0.25, -0.2) is 9.37 Å². The summed E-state index contributed by atoms with van der Waals surface area (Å²) in [5, 5.41) is 6.05. The van der Waals surface area contributed by atoms with Crippen LogP contribution in [0.4, 0.5) is 9.52 Å². The normalized spacial score (nSPS) is 11.7. The van der Waals surface area contributed by atoms with E-state index in [9.17, 15) is 14.0 Å². The molecule has 0 aliphatic rings. The van der Waals surface area contributed by atoms with E-state index in [1.807, 2.05) is 13.0 Å². The van der Waals surface area contributed by atoms with Crippen LogP contribution in [0.1, 0.15) is 28.6 Å². The number of aryl methyl sites for hydroxylation is 1. The van der Waals surface area contributed by atoms with Gasteiger partial charge in [-0.3, -0.25) is 9.59 Å². The average Bonchev–Trinajstić information content (AvgIpc) is 3.02. The van der Waals surface area contributed by atoms with Crippen molar-refractivity contribution in [2.45, 2.75) is 26.3 Å². The molecule has 144 valence electrons. The van der Waals surface area contributed by atoms with Crippen LogP contribution in [-0.4, -0.2) is 22.8 Å². The van der Waals surface area contributed by atoms with E-state index in [1.54, 1.807) is 43.3 Å². The van der Waals surface area contributed by atoms with Crippen LogP contribution in [-0.2, 0) is 4.79 Å². The largest absolute Gasteiger partial charge is 0.349 e. The predicted molar refractivity (Wildman–Crippen MR) is 109 cm³/mol. The van der Waals surface area contributed by atoms with Crippen LogP contribution in [0.2, 0.25) is 0 Å². The quantitative estimate of drug-likeness (QED) is 0.647. The third-order valence-corrected chi connectivity index (χ3v) is 4.95. The summed E-state index contributed by atoms with van der Waals surface area (Å²) >= 11 is 1.36. The van der Waals surface area contributed by atoms with Gasteiger partial charge in [0.05, 0.1) is 5.69 Å². The number of benzene rings is 2. The van der Waals surface area contributed by atoms with Gasteiger partial charge in [0, 0.05) is 28.5 Å². The Kier molecular flexibility index (Phi) is 6.16. The second-order valence-electron chi connectivity index (χ2n) is 6.42. The highest BCUT2D eigenvalue weighted by Crippen LogP contribution is 2.30. The van der Waals surface area contributed by atoms with E-state index in [4.69, 9.17) is 0 Å². The highest BCUT2D eigenvalue weighted by Gasteiger charge is 2.16. The second kappa shape index (κ2) is 8.75. The highest BCUT2D eigenvalue weighted by atomic mass is 32.1. The number of aromatic nitrogens is 1. The van der Waals surface area contributed by atoms with Gasteiger partial charge in [0.2, 0.25) is 5.91 Å². The Morgan fingerprint density at radius 2 is 1.79 bits per heavy atom. The summed E-state index contributed by atoms with van der Waals surface area (Å²) in [4.78, 5) is 29.8. The molecule has 0 aliphatic heterocycles. The Morgan fingerprint density at radius 1 is 1.11 bits per heavy atom. The zero-order valence-corrected chi connectivity index (χ0v) is 16.3. The Morgan fingerprint density at radius 3 is 2.46 bits per heavy atom. The molecule has 3 aromatic rings. The molecule has 0 fully saturated rings. The van der Waals surface area contributed by atoms with E-state index >= 15 is 0 Å². The van der Waals surface area contributed by atoms with Crippen molar-refractivity contribution in [3.63, 3.8) is 0 Å². The van der Waals surface area contributed by atoms with Crippen LogP contribution in [0.5, 0.6) is 0 Å². The summed E-state index contributed by atoms with van der Waals surface area (Å²) in [5.41, 5.74) is 2.05. The number of hydrogen-bond donors (Lipinski definition) is 2. The molecule has 1 unspecified atom stereocenters. The molecule has 0 saturated heterocycles. The smallest absolute Gasteiger partial charge is 0.251 e. The van der Waals surface area contributed by atoms with Crippen LogP contribution in [0.3, 0.4) is 0 Å². The minimum absolute atomic E-state index is 0.128. The van der Waals surface area contributed by atoms with E-state index in [0.29, 0.717) is 16.4 Å². The molecule has 2 aromatic carbocycles. The van der Waals surface area contributed by atoms with Gasteiger partial charge >= 0.3 is 0 Å². The van der Waals surface area contributed by atoms with Crippen LogP contribution < -0.4 is 10.6 Å². The van der Waals surface area contributed by atoms with Crippen molar-refractivity contribution < 1.29 is 14.0 Å². The average molecular weight is 397 g/mol. The number of amides is 2. The summed E-state index contributed by atoms with van der Waals surface area (Å²) in [5.74, 6) is -0.762. The molecular formula is C21H20FN3O2S.